The number of nitrogens with two attached hydrogens (primary N) is 1. The first kappa shape index (κ1) is 22.6. The molecule has 25 heavy (non-hydrogen) atoms. The molecule has 2 aromatic carbocycles. The van der Waals surface area contributed by atoms with E-state index in [1.807, 2.05) is 0 Å². The maximum atomic E-state index is 9.93. The van der Waals surface area contributed by atoms with Crippen LogP contribution in [0.5, 0.6) is 0 Å². The molecule has 0 unspecified atom stereocenters. The molecule has 0 spiro atoms. The van der Waals surface area contributed by atoms with E-state index in [1.54, 1.807) is 0 Å². The van der Waals surface area contributed by atoms with E-state index in [0.717, 1.165) is 0 Å². The first-order valence-electron chi connectivity index (χ1n) is 7.22. The molecule has 0 bridgehead atoms. The van der Waals surface area contributed by atoms with Gasteiger partial charge in [0.1, 0.15) is 0 Å². The van der Waals surface area contributed by atoms with Crippen molar-refractivity contribution in [2.75, 3.05) is 0 Å². The standard InChI is InChI=1S/C16H18IN.6FH.Sb/c1-11(2)14-7-8-16(17)15(9-14)13-5-3-12(10-18)4-6-13;;;;;;;/h3-9,11H,10,18H2,1-2H3;6*1H;/q;;;;;;;+5/p-5. The van der Waals surface area contributed by atoms with E-state index in [2.05, 4.69) is 78.9 Å². The van der Waals surface area contributed by atoms with Gasteiger partial charge >= 0.3 is 37.8 Å². The molecular weight excluding hydrogens is 569 g/mol. The van der Waals surface area contributed by atoms with Crippen LogP contribution in [-0.2, 0) is 6.54 Å². The van der Waals surface area contributed by atoms with Gasteiger partial charge in [-0.15, -0.1) is 0 Å². The van der Waals surface area contributed by atoms with Crippen molar-refractivity contribution in [1.82, 2.24) is 0 Å². The van der Waals surface area contributed by atoms with Gasteiger partial charge in [-0.25, -0.2) is 0 Å². The van der Waals surface area contributed by atoms with Crippen LogP contribution in [0.1, 0.15) is 32.3 Å². The molecule has 0 aliphatic carbocycles. The van der Waals surface area contributed by atoms with E-state index in [0.29, 0.717) is 12.5 Å². The van der Waals surface area contributed by atoms with Gasteiger partial charge in [-0.1, -0.05) is 44.2 Å². The third-order valence-corrected chi connectivity index (χ3v) is 4.10. The maximum absolute atomic E-state index is 11.2. The Kier molecular flexibility index (Phi) is 6.56. The van der Waals surface area contributed by atoms with Crippen LogP contribution < -0.4 is 5.73 Å². The third kappa shape index (κ3) is 10.3. The summed E-state index contributed by atoms with van der Waals surface area (Å²) >= 11 is -8.85. The van der Waals surface area contributed by atoms with Crippen LogP contribution in [0.2, 0.25) is 0 Å². The summed E-state index contributed by atoms with van der Waals surface area (Å²) in [5.41, 5.74) is 10.8. The van der Waals surface area contributed by atoms with E-state index in [4.69, 9.17) is 5.73 Å². The van der Waals surface area contributed by atoms with Gasteiger partial charge < -0.3 is 5.73 Å². The molecule has 0 aromatic heterocycles. The summed E-state index contributed by atoms with van der Waals surface area (Å²) in [6, 6.07) is 15.2. The minimum Gasteiger partial charge on any atom is 1.00 e. The Labute approximate surface area is 160 Å². The van der Waals surface area contributed by atoms with Crippen molar-refractivity contribution < 1.29 is 18.3 Å². The molecule has 2 rings (SSSR count). The molecular formula is C16H19F6INSb. The van der Waals surface area contributed by atoms with Gasteiger partial charge in [0.25, 0.3) is 0 Å². The molecule has 0 saturated carbocycles. The van der Waals surface area contributed by atoms with Crippen molar-refractivity contribution in [2.45, 2.75) is 26.3 Å². The van der Waals surface area contributed by atoms with Crippen molar-refractivity contribution in [3.63, 3.8) is 0 Å². The van der Waals surface area contributed by atoms with E-state index in [9.17, 15) is 16.9 Å². The van der Waals surface area contributed by atoms with Gasteiger partial charge in [-0.05, 0) is 62.9 Å². The molecule has 9 heteroatoms. The first-order valence-corrected chi connectivity index (χ1v) is 14.1. The smallest absolute Gasteiger partial charge is 1.00 e. The molecule has 142 valence electrons. The Hall–Kier alpha value is -0.472. The Morgan fingerprint density at radius 2 is 1.44 bits per heavy atom. The van der Waals surface area contributed by atoms with Crippen molar-refractivity contribution in [3.8, 4) is 11.1 Å². The summed E-state index contributed by atoms with van der Waals surface area (Å²) in [4.78, 5) is 0. The van der Waals surface area contributed by atoms with Crippen molar-refractivity contribution >= 4 is 42.1 Å². The fourth-order valence-corrected chi connectivity index (χ4v) is 2.59. The zero-order valence-electron chi connectivity index (χ0n) is 14.5. The van der Waals surface area contributed by atoms with Crippen LogP contribution in [0.15, 0.2) is 42.5 Å². The van der Waals surface area contributed by atoms with Crippen LogP contribution in [0, 0.1) is 3.57 Å². The monoisotopic (exact) mass is 587 g/mol. The zero-order valence-corrected chi connectivity index (χ0v) is 18.2. The Balaban J connectivity index is 0.000000673. The number of hydrogen-bond acceptors (Lipinski definition) is 1. The molecule has 0 aliphatic rings. The fraction of sp³-hybridized carbons (Fsp3) is 0.250. The minimum absolute atomic E-state index is 0. The van der Waals surface area contributed by atoms with Crippen LogP contribution >= 0.6 is 22.6 Å². The van der Waals surface area contributed by atoms with E-state index >= 15 is 0 Å². The molecule has 0 saturated heterocycles. The van der Waals surface area contributed by atoms with Gasteiger partial charge in [0.2, 0.25) is 0 Å². The second-order valence-corrected chi connectivity index (χ2v) is 12.4. The summed E-state index contributed by atoms with van der Waals surface area (Å²) in [5.74, 6) is 0.559. The summed E-state index contributed by atoms with van der Waals surface area (Å²) in [5, 5.41) is 0. The molecule has 0 radical (unpaired) electrons. The molecule has 1 nitrogen and oxygen atoms in total. The predicted octanol–water partition coefficient (Wildman–Crippen LogP) is 6.79. The van der Waals surface area contributed by atoms with Gasteiger partial charge in [-0.2, -0.15) is 0 Å². The van der Waals surface area contributed by atoms with E-state index in [1.165, 1.54) is 25.8 Å². The molecule has 0 fully saturated rings. The second-order valence-electron chi connectivity index (χ2n) is 5.75. The molecule has 0 heterocycles. The molecule has 0 atom stereocenters. The second kappa shape index (κ2) is 7.27. The Morgan fingerprint density at radius 1 is 0.960 bits per heavy atom. The number of halogens is 7. The quantitative estimate of drug-likeness (QED) is 0.239. The zero-order chi connectivity index (χ0) is 19.5. The molecule has 2 N–H and O–H groups in total. The summed E-state index contributed by atoms with van der Waals surface area (Å²) in [6.07, 6.45) is 0. The molecule has 0 amide bonds. The molecule has 2 aromatic rings. The average Bonchev–Trinajstić information content (AvgIpc) is 2.44. The van der Waals surface area contributed by atoms with Gasteiger partial charge in [0.05, 0.1) is 0 Å². The predicted molar refractivity (Wildman–Crippen MR) is 100 cm³/mol. The third-order valence-electron chi connectivity index (χ3n) is 3.16. The number of hydrogen-bond donors (Lipinski definition) is 1. The average molecular weight is 588 g/mol. The number of rotatable bonds is 3. The van der Waals surface area contributed by atoms with E-state index in [-0.39, 0.29) is 1.43 Å². The Morgan fingerprint density at radius 3 is 1.84 bits per heavy atom. The van der Waals surface area contributed by atoms with Crippen molar-refractivity contribution in [3.05, 3.63) is 57.2 Å². The van der Waals surface area contributed by atoms with Crippen molar-refractivity contribution in [2.24, 2.45) is 5.73 Å². The van der Waals surface area contributed by atoms with Gasteiger partial charge in [0, 0.05) is 10.1 Å². The summed E-state index contributed by atoms with van der Waals surface area (Å²) in [6.45, 7) is 5.05. The number of benzene rings is 2. The Bertz CT molecular complexity index is 721. The normalized spacial score (nSPS) is 14.4. The van der Waals surface area contributed by atoms with E-state index < -0.39 is 19.5 Å². The fourth-order valence-electron chi connectivity index (χ4n) is 1.94. The summed E-state index contributed by atoms with van der Waals surface area (Å²) in [7, 11) is 0. The summed E-state index contributed by atoms with van der Waals surface area (Å²) < 4.78 is 60.8. The van der Waals surface area contributed by atoms with Crippen LogP contribution in [0.3, 0.4) is 0 Å². The van der Waals surface area contributed by atoms with Crippen LogP contribution in [0.4, 0.5) is 16.9 Å². The molecule has 0 aliphatic heterocycles. The van der Waals surface area contributed by atoms with Crippen molar-refractivity contribution in [1.29, 1.82) is 0 Å². The minimum atomic E-state index is -11.2. The SMILES string of the molecule is CC(C)c1ccc(I)c(-c2ccc(CN)cc2)c1.[F][Sb-]([F])([F])([F])([F])[F].[H+]. The first-order chi connectivity index (χ1) is 11.1. The van der Waals surface area contributed by atoms with Gasteiger partial charge in [-0.3, -0.25) is 0 Å². The largest absolute Gasteiger partial charge is 1.00 e. The van der Waals surface area contributed by atoms with Crippen LogP contribution in [0.25, 0.3) is 11.1 Å². The van der Waals surface area contributed by atoms with Crippen LogP contribution in [-0.4, -0.2) is 19.5 Å². The van der Waals surface area contributed by atoms with Gasteiger partial charge in [0.15, 0.2) is 0 Å². The maximum Gasteiger partial charge on any atom is 1.00 e. The topological polar surface area (TPSA) is 26.0 Å².